The minimum absolute atomic E-state index is 0.161. The van der Waals surface area contributed by atoms with Crippen molar-refractivity contribution in [3.63, 3.8) is 0 Å². The molecule has 0 fully saturated rings. The quantitative estimate of drug-likeness (QED) is 0.792. The highest BCUT2D eigenvalue weighted by molar-refractivity contribution is 9.10. The SMILES string of the molecule is Cc1c(N)cc(Br)cc1C(=O)Nc1nc2c(s1)CCCC2. The van der Waals surface area contributed by atoms with E-state index < -0.39 is 0 Å². The molecule has 1 aromatic heterocycles. The summed E-state index contributed by atoms with van der Waals surface area (Å²) in [6.07, 6.45) is 4.49. The molecule has 1 amide bonds. The molecule has 0 saturated carbocycles. The molecule has 1 aliphatic carbocycles. The van der Waals surface area contributed by atoms with Gasteiger partial charge in [0, 0.05) is 20.6 Å². The molecule has 6 heteroatoms. The van der Waals surface area contributed by atoms with Gasteiger partial charge in [0.15, 0.2) is 5.13 Å². The molecule has 0 saturated heterocycles. The van der Waals surface area contributed by atoms with Gasteiger partial charge in [0.2, 0.25) is 0 Å². The van der Waals surface area contributed by atoms with E-state index in [2.05, 4.69) is 26.2 Å². The van der Waals surface area contributed by atoms with Gasteiger partial charge in [-0.1, -0.05) is 15.9 Å². The summed E-state index contributed by atoms with van der Waals surface area (Å²) in [5.74, 6) is -0.161. The zero-order valence-electron chi connectivity index (χ0n) is 11.7. The van der Waals surface area contributed by atoms with Gasteiger partial charge in [-0.2, -0.15) is 0 Å². The number of benzene rings is 1. The topological polar surface area (TPSA) is 68.0 Å². The minimum atomic E-state index is -0.161. The Morgan fingerprint density at radius 2 is 2.14 bits per heavy atom. The number of carbonyl (C=O) groups is 1. The summed E-state index contributed by atoms with van der Waals surface area (Å²) in [7, 11) is 0. The van der Waals surface area contributed by atoms with E-state index in [0.29, 0.717) is 16.4 Å². The zero-order chi connectivity index (χ0) is 15.0. The Hall–Kier alpha value is -1.40. The number of fused-ring (bicyclic) bond motifs is 1. The van der Waals surface area contributed by atoms with E-state index in [9.17, 15) is 4.79 Å². The number of nitrogens with zero attached hydrogens (tertiary/aromatic N) is 1. The van der Waals surface area contributed by atoms with Crippen LogP contribution in [0.2, 0.25) is 0 Å². The molecule has 3 N–H and O–H groups in total. The van der Waals surface area contributed by atoms with Crippen LogP contribution in [0, 0.1) is 6.92 Å². The molecule has 0 spiro atoms. The van der Waals surface area contributed by atoms with Crippen molar-refractivity contribution in [1.29, 1.82) is 0 Å². The number of hydrogen-bond acceptors (Lipinski definition) is 4. The molecule has 110 valence electrons. The maximum absolute atomic E-state index is 12.4. The number of nitrogens with one attached hydrogen (secondary N) is 1. The van der Waals surface area contributed by atoms with E-state index in [1.807, 2.05) is 6.92 Å². The molecular formula is C15H16BrN3OS. The molecule has 3 rings (SSSR count). The third-order valence-electron chi connectivity index (χ3n) is 3.72. The highest BCUT2D eigenvalue weighted by atomic mass is 79.9. The molecule has 1 aromatic carbocycles. The van der Waals surface area contributed by atoms with Gasteiger partial charge in [-0.25, -0.2) is 4.98 Å². The first kappa shape index (κ1) is 14.5. The van der Waals surface area contributed by atoms with Crippen molar-refractivity contribution < 1.29 is 4.79 Å². The van der Waals surface area contributed by atoms with Crippen LogP contribution in [-0.4, -0.2) is 10.9 Å². The number of hydrogen-bond donors (Lipinski definition) is 2. The number of halogens is 1. The standard InChI is InChI=1S/C15H16BrN3OS/c1-8-10(6-9(16)7-11(8)17)14(20)19-15-18-12-4-2-3-5-13(12)21-15/h6-7H,2-5,17H2,1H3,(H,18,19,20). The summed E-state index contributed by atoms with van der Waals surface area (Å²) in [5, 5.41) is 3.59. The van der Waals surface area contributed by atoms with Crippen LogP contribution in [-0.2, 0) is 12.8 Å². The van der Waals surface area contributed by atoms with Gasteiger partial charge < -0.3 is 5.73 Å². The van der Waals surface area contributed by atoms with Crippen LogP contribution in [0.4, 0.5) is 10.8 Å². The highest BCUT2D eigenvalue weighted by Crippen LogP contribution is 2.30. The Labute approximate surface area is 135 Å². The molecule has 0 bridgehead atoms. The van der Waals surface area contributed by atoms with E-state index >= 15 is 0 Å². The summed E-state index contributed by atoms with van der Waals surface area (Å²) in [6, 6.07) is 3.59. The Morgan fingerprint density at radius 3 is 2.90 bits per heavy atom. The average molecular weight is 366 g/mol. The maximum atomic E-state index is 12.4. The van der Waals surface area contributed by atoms with Gasteiger partial charge in [0.25, 0.3) is 5.91 Å². The molecule has 4 nitrogen and oxygen atoms in total. The predicted octanol–water partition coefficient (Wildman–Crippen LogP) is 3.93. The summed E-state index contributed by atoms with van der Waals surface area (Å²) in [5.41, 5.74) is 9.03. The van der Waals surface area contributed by atoms with Gasteiger partial charge in [-0.15, -0.1) is 11.3 Å². The zero-order valence-corrected chi connectivity index (χ0v) is 14.1. The smallest absolute Gasteiger partial charge is 0.257 e. The predicted molar refractivity (Wildman–Crippen MR) is 90.0 cm³/mol. The molecule has 1 heterocycles. The fourth-order valence-corrected chi connectivity index (χ4v) is 4.03. The van der Waals surface area contributed by atoms with Crippen LogP contribution in [0.15, 0.2) is 16.6 Å². The van der Waals surface area contributed by atoms with Gasteiger partial charge in [-0.3, -0.25) is 10.1 Å². The molecular weight excluding hydrogens is 350 g/mol. The van der Waals surface area contributed by atoms with E-state index in [-0.39, 0.29) is 5.91 Å². The van der Waals surface area contributed by atoms with Crippen LogP contribution in [0.5, 0.6) is 0 Å². The molecule has 0 aliphatic heterocycles. The lowest BCUT2D eigenvalue weighted by molar-refractivity contribution is 0.102. The minimum Gasteiger partial charge on any atom is -0.398 e. The monoisotopic (exact) mass is 365 g/mol. The summed E-state index contributed by atoms with van der Waals surface area (Å²) < 4.78 is 0.800. The normalized spacial score (nSPS) is 13.8. The second-order valence-corrected chi connectivity index (χ2v) is 7.22. The summed E-state index contributed by atoms with van der Waals surface area (Å²) >= 11 is 4.96. The number of carbonyl (C=O) groups excluding carboxylic acids is 1. The average Bonchev–Trinajstić information content (AvgIpc) is 2.84. The van der Waals surface area contributed by atoms with Crippen LogP contribution < -0.4 is 11.1 Å². The fourth-order valence-electron chi connectivity index (χ4n) is 2.51. The number of nitrogen functional groups attached to an aromatic ring is 1. The van der Waals surface area contributed by atoms with Crippen molar-refractivity contribution >= 4 is 44.0 Å². The van der Waals surface area contributed by atoms with E-state index in [1.165, 1.54) is 17.7 Å². The lowest BCUT2D eigenvalue weighted by atomic mass is 10.0. The maximum Gasteiger partial charge on any atom is 0.257 e. The van der Waals surface area contributed by atoms with Crippen LogP contribution in [0.3, 0.4) is 0 Å². The largest absolute Gasteiger partial charge is 0.398 e. The Balaban J connectivity index is 1.85. The van der Waals surface area contributed by atoms with E-state index in [0.717, 1.165) is 28.6 Å². The molecule has 0 radical (unpaired) electrons. The van der Waals surface area contributed by atoms with Crippen LogP contribution in [0.1, 0.15) is 39.3 Å². The highest BCUT2D eigenvalue weighted by Gasteiger charge is 2.18. The van der Waals surface area contributed by atoms with E-state index in [1.54, 1.807) is 23.5 Å². The van der Waals surface area contributed by atoms with Gasteiger partial charge >= 0.3 is 0 Å². The van der Waals surface area contributed by atoms with Crippen molar-refractivity contribution in [1.82, 2.24) is 4.98 Å². The number of nitrogens with two attached hydrogens (primary N) is 1. The lowest BCUT2D eigenvalue weighted by Crippen LogP contribution is -2.14. The number of rotatable bonds is 2. The molecule has 0 atom stereocenters. The van der Waals surface area contributed by atoms with Crippen molar-refractivity contribution in [2.24, 2.45) is 0 Å². The molecule has 21 heavy (non-hydrogen) atoms. The van der Waals surface area contributed by atoms with Crippen molar-refractivity contribution in [3.8, 4) is 0 Å². The van der Waals surface area contributed by atoms with Crippen molar-refractivity contribution in [2.75, 3.05) is 11.1 Å². The Kier molecular flexibility index (Phi) is 3.99. The first-order chi connectivity index (χ1) is 10.0. The van der Waals surface area contributed by atoms with Crippen molar-refractivity contribution in [3.05, 3.63) is 38.3 Å². The summed E-state index contributed by atoms with van der Waals surface area (Å²) in [4.78, 5) is 18.3. The molecule has 2 aromatic rings. The summed E-state index contributed by atoms with van der Waals surface area (Å²) in [6.45, 7) is 1.85. The molecule has 0 unspecified atom stereocenters. The lowest BCUT2D eigenvalue weighted by Gasteiger charge is -2.08. The third-order valence-corrected chi connectivity index (χ3v) is 5.25. The van der Waals surface area contributed by atoms with Crippen LogP contribution >= 0.6 is 27.3 Å². The number of aromatic nitrogens is 1. The number of thiazole rings is 1. The number of amides is 1. The second kappa shape index (κ2) is 5.77. The van der Waals surface area contributed by atoms with Gasteiger partial charge in [-0.05, 0) is 50.3 Å². The number of aryl methyl sites for hydroxylation is 2. The van der Waals surface area contributed by atoms with E-state index in [4.69, 9.17) is 5.73 Å². The van der Waals surface area contributed by atoms with Gasteiger partial charge in [0.05, 0.1) is 5.69 Å². The fraction of sp³-hybridized carbons (Fsp3) is 0.333. The molecule has 1 aliphatic rings. The van der Waals surface area contributed by atoms with Crippen molar-refractivity contribution in [2.45, 2.75) is 32.6 Å². The Morgan fingerprint density at radius 1 is 1.38 bits per heavy atom. The first-order valence-electron chi connectivity index (χ1n) is 6.90. The third kappa shape index (κ3) is 2.96. The Bertz CT molecular complexity index is 688. The van der Waals surface area contributed by atoms with Crippen LogP contribution in [0.25, 0.3) is 0 Å². The second-order valence-electron chi connectivity index (χ2n) is 5.22. The number of anilines is 2. The first-order valence-corrected chi connectivity index (χ1v) is 8.51. The van der Waals surface area contributed by atoms with Gasteiger partial charge in [0.1, 0.15) is 0 Å².